The molecular formula is C25H37N5O5. The van der Waals surface area contributed by atoms with Crippen molar-refractivity contribution in [1.29, 1.82) is 0 Å². The second kappa shape index (κ2) is 12.1. The van der Waals surface area contributed by atoms with Gasteiger partial charge in [0.05, 0.1) is 11.0 Å². The average Bonchev–Trinajstić information content (AvgIpc) is 3.10. The summed E-state index contributed by atoms with van der Waals surface area (Å²) in [5.41, 5.74) is 2.36. The molecule has 1 aromatic carbocycles. The molecule has 2 atom stereocenters. The van der Waals surface area contributed by atoms with E-state index < -0.39 is 24.0 Å². The first-order valence-electron chi connectivity index (χ1n) is 12.6. The Morgan fingerprint density at radius 1 is 1.11 bits per heavy atom. The maximum Gasteiger partial charge on any atom is 0.329 e. The van der Waals surface area contributed by atoms with Gasteiger partial charge in [0, 0.05) is 33.1 Å². The van der Waals surface area contributed by atoms with Crippen LogP contribution in [0.4, 0.5) is 0 Å². The van der Waals surface area contributed by atoms with Gasteiger partial charge in [0.1, 0.15) is 12.1 Å². The van der Waals surface area contributed by atoms with Crippen molar-refractivity contribution in [2.24, 2.45) is 7.05 Å². The number of fused-ring (bicyclic) bond motifs is 1. The summed E-state index contributed by atoms with van der Waals surface area (Å²) in [4.78, 5) is 50.0. The molecule has 0 bridgehead atoms. The van der Waals surface area contributed by atoms with Crippen LogP contribution in [-0.4, -0.2) is 69.1 Å². The first-order chi connectivity index (χ1) is 16.8. The van der Waals surface area contributed by atoms with E-state index in [1.807, 2.05) is 32.0 Å². The Labute approximate surface area is 205 Å². The number of aryl methyl sites for hydroxylation is 2. The van der Waals surface area contributed by atoms with Gasteiger partial charge in [-0.25, -0.2) is 4.79 Å². The maximum atomic E-state index is 12.9. The summed E-state index contributed by atoms with van der Waals surface area (Å²) in [5, 5.41) is 14.5. The number of unbranched alkanes of at least 4 members (excludes halogenated alkanes) is 2. The zero-order valence-electron chi connectivity index (χ0n) is 20.9. The highest BCUT2D eigenvalue weighted by Gasteiger charge is 2.31. The fraction of sp³-hybridized carbons (Fsp3) is 0.600. The molecule has 0 radical (unpaired) electrons. The smallest absolute Gasteiger partial charge is 0.329 e. The fourth-order valence-electron chi connectivity index (χ4n) is 4.81. The topological polar surface area (TPSA) is 126 Å². The van der Waals surface area contributed by atoms with Crippen molar-refractivity contribution >= 4 is 28.8 Å². The highest BCUT2D eigenvalue weighted by atomic mass is 16.4. The molecule has 3 heterocycles. The molecule has 2 aliphatic rings. The van der Waals surface area contributed by atoms with E-state index in [-0.39, 0.29) is 18.0 Å². The van der Waals surface area contributed by atoms with Crippen LogP contribution in [0.3, 0.4) is 0 Å². The van der Waals surface area contributed by atoms with Gasteiger partial charge >= 0.3 is 11.7 Å². The number of piperidine rings is 1. The number of hydrogen-bond acceptors (Lipinski definition) is 6. The van der Waals surface area contributed by atoms with Gasteiger partial charge in [0.15, 0.2) is 0 Å². The van der Waals surface area contributed by atoms with Gasteiger partial charge in [0.25, 0.3) is 0 Å². The quantitative estimate of drug-likeness (QED) is 0.380. The number of aromatic nitrogens is 2. The van der Waals surface area contributed by atoms with Crippen molar-refractivity contribution in [3.05, 3.63) is 34.2 Å². The SMILES string of the molecule is CC.Cn1c(=O)n(C2CCC(=O)NC2=O)c2ccc(CCCCCN3CCNC(C(=O)O)C3)cc21. The number of carboxylic acid groups (broad SMARTS) is 1. The zero-order valence-corrected chi connectivity index (χ0v) is 20.9. The van der Waals surface area contributed by atoms with Gasteiger partial charge in [0.2, 0.25) is 11.8 Å². The molecule has 10 heteroatoms. The van der Waals surface area contributed by atoms with Crippen LogP contribution in [-0.2, 0) is 27.9 Å². The number of rotatable bonds is 8. The fourth-order valence-corrected chi connectivity index (χ4v) is 4.81. The molecule has 0 spiro atoms. The van der Waals surface area contributed by atoms with E-state index in [4.69, 9.17) is 5.11 Å². The van der Waals surface area contributed by atoms with E-state index in [0.29, 0.717) is 25.0 Å². The summed E-state index contributed by atoms with van der Waals surface area (Å²) in [7, 11) is 1.70. The Hall–Kier alpha value is -2.98. The number of carboxylic acids is 1. The number of piperazine rings is 1. The molecule has 0 saturated carbocycles. The molecule has 10 nitrogen and oxygen atoms in total. The lowest BCUT2D eigenvalue weighted by Crippen LogP contribution is -2.54. The molecule has 4 rings (SSSR count). The third kappa shape index (κ3) is 6.18. The molecule has 1 aromatic heterocycles. The second-order valence-corrected chi connectivity index (χ2v) is 8.96. The van der Waals surface area contributed by atoms with Crippen LogP contribution in [0, 0.1) is 0 Å². The zero-order chi connectivity index (χ0) is 25.5. The number of imidazole rings is 1. The van der Waals surface area contributed by atoms with Gasteiger partial charge in [-0.15, -0.1) is 0 Å². The Kier molecular flexibility index (Phi) is 9.22. The van der Waals surface area contributed by atoms with Crippen LogP contribution in [0.1, 0.15) is 57.6 Å². The summed E-state index contributed by atoms with van der Waals surface area (Å²) in [6.07, 6.45) is 4.48. The maximum absolute atomic E-state index is 12.9. The lowest BCUT2D eigenvalue weighted by Gasteiger charge is -2.31. The highest BCUT2D eigenvalue weighted by molar-refractivity contribution is 6.00. The minimum Gasteiger partial charge on any atom is -0.480 e. The number of hydrogen-bond donors (Lipinski definition) is 3. The predicted octanol–water partition coefficient (Wildman–Crippen LogP) is 1.42. The molecule has 2 aromatic rings. The molecule has 2 unspecified atom stereocenters. The lowest BCUT2D eigenvalue weighted by molar-refractivity contribution is -0.141. The van der Waals surface area contributed by atoms with Gasteiger partial charge < -0.3 is 10.4 Å². The number of carbonyl (C=O) groups is 3. The van der Waals surface area contributed by atoms with Gasteiger partial charge in [-0.2, -0.15) is 0 Å². The number of nitrogens with zero attached hydrogens (tertiary/aromatic N) is 3. The minimum absolute atomic E-state index is 0.224. The lowest BCUT2D eigenvalue weighted by atomic mass is 10.0. The monoisotopic (exact) mass is 487 g/mol. The Balaban J connectivity index is 0.00000167. The highest BCUT2D eigenvalue weighted by Crippen LogP contribution is 2.24. The average molecular weight is 488 g/mol. The minimum atomic E-state index is -0.795. The summed E-state index contributed by atoms with van der Waals surface area (Å²) < 4.78 is 3.06. The molecule has 0 aliphatic carbocycles. The van der Waals surface area contributed by atoms with E-state index in [1.54, 1.807) is 11.6 Å². The summed E-state index contributed by atoms with van der Waals surface area (Å²) in [6.45, 7) is 7.02. The molecule has 2 aliphatic heterocycles. The number of carbonyl (C=O) groups excluding carboxylic acids is 2. The standard InChI is InChI=1S/C23H31N5O5.C2H6/c1-26-19-13-15(5-3-2-4-11-27-12-10-24-16(14-27)22(31)32)6-7-17(19)28(23(26)33)18-8-9-20(29)25-21(18)30;1-2/h6-7,13,16,18,24H,2-5,8-12,14H2,1H3,(H,31,32)(H,25,29,30);1-2H3. The summed E-state index contributed by atoms with van der Waals surface area (Å²) in [5.74, 6) is -1.52. The molecule has 192 valence electrons. The molecule has 2 amide bonds. The van der Waals surface area contributed by atoms with Crippen molar-refractivity contribution in [1.82, 2.24) is 24.7 Å². The van der Waals surface area contributed by atoms with Crippen LogP contribution in [0.25, 0.3) is 11.0 Å². The third-order valence-electron chi connectivity index (χ3n) is 6.67. The van der Waals surface area contributed by atoms with E-state index >= 15 is 0 Å². The van der Waals surface area contributed by atoms with E-state index in [2.05, 4.69) is 15.5 Å². The predicted molar refractivity (Wildman–Crippen MR) is 133 cm³/mol. The van der Waals surface area contributed by atoms with Crippen molar-refractivity contribution in [2.75, 3.05) is 26.2 Å². The largest absolute Gasteiger partial charge is 0.480 e. The van der Waals surface area contributed by atoms with Crippen LogP contribution in [0.5, 0.6) is 0 Å². The van der Waals surface area contributed by atoms with Gasteiger partial charge in [-0.3, -0.25) is 33.7 Å². The number of nitrogens with one attached hydrogen (secondary N) is 2. The van der Waals surface area contributed by atoms with Crippen molar-refractivity contribution in [3.8, 4) is 0 Å². The van der Waals surface area contributed by atoms with Crippen LogP contribution in [0.15, 0.2) is 23.0 Å². The van der Waals surface area contributed by atoms with Crippen LogP contribution < -0.4 is 16.3 Å². The molecule has 3 N–H and O–H groups in total. The molecular weight excluding hydrogens is 450 g/mol. The van der Waals surface area contributed by atoms with Crippen LogP contribution in [0.2, 0.25) is 0 Å². The second-order valence-electron chi connectivity index (χ2n) is 8.96. The van der Waals surface area contributed by atoms with Crippen molar-refractivity contribution < 1.29 is 19.5 Å². The number of benzene rings is 1. The van der Waals surface area contributed by atoms with Gasteiger partial charge in [-0.05, 0) is 49.9 Å². The van der Waals surface area contributed by atoms with E-state index in [9.17, 15) is 19.2 Å². The summed E-state index contributed by atoms with van der Waals surface area (Å²) >= 11 is 0. The first-order valence-corrected chi connectivity index (χ1v) is 12.6. The van der Waals surface area contributed by atoms with Gasteiger partial charge in [-0.1, -0.05) is 26.3 Å². The van der Waals surface area contributed by atoms with Crippen molar-refractivity contribution in [2.45, 2.75) is 64.5 Å². The number of aliphatic carboxylic acids is 1. The number of amides is 2. The van der Waals surface area contributed by atoms with E-state index in [1.165, 1.54) is 4.57 Å². The summed E-state index contributed by atoms with van der Waals surface area (Å²) in [6, 6.07) is 4.74. The first kappa shape index (κ1) is 26.6. The van der Waals surface area contributed by atoms with Crippen molar-refractivity contribution in [3.63, 3.8) is 0 Å². The Morgan fingerprint density at radius 2 is 1.89 bits per heavy atom. The van der Waals surface area contributed by atoms with E-state index in [0.717, 1.165) is 49.9 Å². The Morgan fingerprint density at radius 3 is 2.60 bits per heavy atom. The normalized spacial score (nSPS) is 20.9. The molecule has 2 saturated heterocycles. The third-order valence-corrected chi connectivity index (χ3v) is 6.67. The van der Waals surface area contributed by atoms with Crippen LogP contribution >= 0.6 is 0 Å². The molecule has 35 heavy (non-hydrogen) atoms. The molecule has 2 fully saturated rings. The Bertz CT molecular complexity index is 1120. The number of imide groups is 1.